The average molecular weight is 283 g/mol. The van der Waals surface area contributed by atoms with Crippen molar-refractivity contribution in [1.29, 1.82) is 0 Å². The molecule has 1 aliphatic rings. The number of aromatic nitrogens is 1. The number of para-hydroxylation sites is 1. The fourth-order valence-electron chi connectivity index (χ4n) is 2.82. The number of benzene rings is 1. The molecule has 0 saturated carbocycles. The van der Waals surface area contributed by atoms with Gasteiger partial charge in [0.2, 0.25) is 5.91 Å². The molecular weight excluding hydrogens is 262 g/mol. The third kappa shape index (κ3) is 3.39. The van der Waals surface area contributed by atoms with Gasteiger partial charge in [-0.25, -0.2) is 0 Å². The summed E-state index contributed by atoms with van der Waals surface area (Å²) in [6, 6.07) is 9.77. The van der Waals surface area contributed by atoms with Crippen LogP contribution in [0.15, 0.2) is 36.5 Å². The highest BCUT2D eigenvalue weighted by molar-refractivity contribution is 6.00. The van der Waals surface area contributed by atoms with Crippen LogP contribution in [-0.2, 0) is 4.79 Å². The van der Waals surface area contributed by atoms with Gasteiger partial charge in [-0.3, -0.25) is 14.7 Å². The lowest BCUT2D eigenvalue weighted by Gasteiger charge is -2.29. The van der Waals surface area contributed by atoms with E-state index in [2.05, 4.69) is 22.1 Å². The Balaban J connectivity index is 1.66. The zero-order valence-corrected chi connectivity index (χ0v) is 12.4. The SMILES string of the molecule is CC1CCN(CC(=O)Nc2cccc3cccnc23)CC1. The monoisotopic (exact) mass is 283 g/mol. The third-order valence-electron chi connectivity index (χ3n) is 4.15. The Morgan fingerprint density at radius 1 is 1.29 bits per heavy atom. The number of pyridine rings is 1. The first-order chi connectivity index (χ1) is 10.2. The summed E-state index contributed by atoms with van der Waals surface area (Å²) in [5.74, 6) is 0.828. The van der Waals surface area contributed by atoms with E-state index < -0.39 is 0 Å². The van der Waals surface area contributed by atoms with Crippen LogP contribution in [0.2, 0.25) is 0 Å². The van der Waals surface area contributed by atoms with Crippen LogP contribution >= 0.6 is 0 Å². The van der Waals surface area contributed by atoms with Crippen molar-refractivity contribution in [3.8, 4) is 0 Å². The van der Waals surface area contributed by atoms with Crippen LogP contribution in [0.5, 0.6) is 0 Å². The van der Waals surface area contributed by atoms with Crippen LogP contribution in [0.3, 0.4) is 0 Å². The highest BCUT2D eigenvalue weighted by Crippen LogP contribution is 2.21. The number of fused-ring (bicyclic) bond motifs is 1. The van der Waals surface area contributed by atoms with Crippen LogP contribution in [0.4, 0.5) is 5.69 Å². The summed E-state index contributed by atoms with van der Waals surface area (Å²) < 4.78 is 0. The average Bonchev–Trinajstić information content (AvgIpc) is 2.50. The molecule has 1 aliphatic heterocycles. The second-order valence-electron chi connectivity index (χ2n) is 5.89. The standard InChI is InChI=1S/C17H21N3O/c1-13-7-10-20(11-8-13)12-16(21)19-15-6-2-4-14-5-3-9-18-17(14)15/h2-6,9,13H,7-8,10-12H2,1H3,(H,19,21). The van der Waals surface area contributed by atoms with Crippen molar-refractivity contribution >= 4 is 22.5 Å². The van der Waals surface area contributed by atoms with E-state index >= 15 is 0 Å². The van der Waals surface area contributed by atoms with E-state index in [1.54, 1.807) is 6.20 Å². The number of nitrogens with zero attached hydrogens (tertiary/aromatic N) is 2. The summed E-state index contributed by atoms with van der Waals surface area (Å²) in [6.07, 6.45) is 4.12. The summed E-state index contributed by atoms with van der Waals surface area (Å²) in [5, 5.41) is 4.04. The summed E-state index contributed by atoms with van der Waals surface area (Å²) in [5.41, 5.74) is 1.64. The first kappa shape index (κ1) is 14.0. The maximum atomic E-state index is 12.2. The van der Waals surface area contributed by atoms with E-state index in [0.29, 0.717) is 6.54 Å². The first-order valence-electron chi connectivity index (χ1n) is 7.58. The van der Waals surface area contributed by atoms with Crippen molar-refractivity contribution in [2.45, 2.75) is 19.8 Å². The maximum absolute atomic E-state index is 12.2. The smallest absolute Gasteiger partial charge is 0.238 e. The van der Waals surface area contributed by atoms with Gasteiger partial charge in [0.25, 0.3) is 0 Å². The summed E-state index contributed by atoms with van der Waals surface area (Å²) in [6.45, 7) is 4.78. The molecule has 0 aliphatic carbocycles. The number of rotatable bonds is 3. The van der Waals surface area contributed by atoms with Gasteiger partial charge in [-0.15, -0.1) is 0 Å². The van der Waals surface area contributed by atoms with Crippen molar-refractivity contribution in [3.05, 3.63) is 36.5 Å². The second-order valence-corrected chi connectivity index (χ2v) is 5.89. The molecule has 1 saturated heterocycles. The Hall–Kier alpha value is -1.94. The van der Waals surface area contributed by atoms with Crippen molar-refractivity contribution in [3.63, 3.8) is 0 Å². The van der Waals surface area contributed by atoms with Crippen LogP contribution in [-0.4, -0.2) is 35.4 Å². The predicted molar refractivity (Wildman–Crippen MR) is 85.2 cm³/mol. The Morgan fingerprint density at radius 2 is 2.05 bits per heavy atom. The predicted octanol–water partition coefficient (Wildman–Crippen LogP) is 2.91. The number of likely N-dealkylation sites (tertiary alicyclic amines) is 1. The Bertz CT molecular complexity index is 627. The van der Waals surface area contributed by atoms with Gasteiger partial charge in [-0.05, 0) is 44.0 Å². The second kappa shape index (κ2) is 6.22. The first-order valence-corrected chi connectivity index (χ1v) is 7.58. The minimum Gasteiger partial charge on any atom is -0.323 e. The van der Waals surface area contributed by atoms with Gasteiger partial charge in [0.15, 0.2) is 0 Å². The molecule has 3 rings (SSSR count). The molecule has 0 bridgehead atoms. The number of carbonyl (C=O) groups excluding carboxylic acids is 1. The fourth-order valence-corrected chi connectivity index (χ4v) is 2.82. The number of nitrogens with one attached hydrogen (secondary N) is 1. The van der Waals surface area contributed by atoms with Crippen molar-refractivity contribution in [2.24, 2.45) is 5.92 Å². The van der Waals surface area contributed by atoms with Gasteiger partial charge in [0, 0.05) is 11.6 Å². The van der Waals surface area contributed by atoms with Crippen molar-refractivity contribution in [2.75, 3.05) is 25.0 Å². The Labute approximate surface area is 125 Å². The molecular formula is C17H21N3O. The molecule has 21 heavy (non-hydrogen) atoms. The fraction of sp³-hybridized carbons (Fsp3) is 0.412. The van der Waals surface area contributed by atoms with E-state index in [1.165, 1.54) is 12.8 Å². The molecule has 2 aromatic rings. The lowest BCUT2D eigenvalue weighted by atomic mass is 9.99. The van der Waals surface area contributed by atoms with Crippen LogP contribution in [0, 0.1) is 5.92 Å². The zero-order valence-electron chi connectivity index (χ0n) is 12.4. The van der Waals surface area contributed by atoms with E-state index in [1.807, 2.05) is 30.3 Å². The number of carbonyl (C=O) groups is 1. The molecule has 0 radical (unpaired) electrons. The molecule has 1 N–H and O–H groups in total. The van der Waals surface area contributed by atoms with E-state index in [-0.39, 0.29) is 5.91 Å². The van der Waals surface area contributed by atoms with Gasteiger partial charge in [-0.1, -0.05) is 25.1 Å². The zero-order chi connectivity index (χ0) is 14.7. The number of hydrogen-bond acceptors (Lipinski definition) is 3. The lowest BCUT2D eigenvalue weighted by Crippen LogP contribution is -2.38. The number of piperidine rings is 1. The molecule has 4 nitrogen and oxygen atoms in total. The molecule has 1 aromatic heterocycles. The van der Waals surface area contributed by atoms with Gasteiger partial charge in [0.1, 0.15) is 0 Å². The molecule has 4 heteroatoms. The number of anilines is 1. The minimum atomic E-state index is 0.0442. The topological polar surface area (TPSA) is 45.2 Å². The molecule has 110 valence electrons. The quantitative estimate of drug-likeness (QED) is 0.942. The van der Waals surface area contributed by atoms with E-state index in [0.717, 1.165) is 35.6 Å². The van der Waals surface area contributed by atoms with Gasteiger partial charge >= 0.3 is 0 Å². The minimum absolute atomic E-state index is 0.0442. The molecule has 0 atom stereocenters. The summed E-state index contributed by atoms with van der Waals surface area (Å²) in [4.78, 5) is 18.8. The normalized spacial score (nSPS) is 17.0. The molecule has 0 unspecified atom stereocenters. The lowest BCUT2D eigenvalue weighted by molar-refractivity contribution is -0.117. The molecule has 1 aromatic carbocycles. The van der Waals surface area contributed by atoms with E-state index in [9.17, 15) is 4.79 Å². The number of hydrogen-bond donors (Lipinski definition) is 1. The van der Waals surface area contributed by atoms with Crippen LogP contribution in [0.1, 0.15) is 19.8 Å². The Morgan fingerprint density at radius 3 is 2.86 bits per heavy atom. The van der Waals surface area contributed by atoms with Crippen molar-refractivity contribution < 1.29 is 4.79 Å². The van der Waals surface area contributed by atoms with Gasteiger partial charge in [-0.2, -0.15) is 0 Å². The number of amides is 1. The summed E-state index contributed by atoms with van der Waals surface area (Å²) in [7, 11) is 0. The van der Waals surface area contributed by atoms with Crippen LogP contribution in [0.25, 0.3) is 10.9 Å². The molecule has 2 heterocycles. The Kier molecular flexibility index (Phi) is 4.15. The molecule has 0 spiro atoms. The van der Waals surface area contributed by atoms with Gasteiger partial charge in [0.05, 0.1) is 17.7 Å². The van der Waals surface area contributed by atoms with Gasteiger partial charge < -0.3 is 5.32 Å². The van der Waals surface area contributed by atoms with Crippen molar-refractivity contribution in [1.82, 2.24) is 9.88 Å². The van der Waals surface area contributed by atoms with Crippen LogP contribution < -0.4 is 5.32 Å². The third-order valence-corrected chi connectivity index (χ3v) is 4.15. The maximum Gasteiger partial charge on any atom is 0.238 e. The van der Waals surface area contributed by atoms with E-state index in [4.69, 9.17) is 0 Å². The largest absolute Gasteiger partial charge is 0.323 e. The highest BCUT2D eigenvalue weighted by atomic mass is 16.2. The molecule has 1 fully saturated rings. The summed E-state index contributed by atoms with van der Waals surface area (Å²) >= 11 is 0. The molecule has 1 amide bonds. The highest BCUT2D eigenvalue weighted by Gasteiger charge is 2.18.